The molecule has 2 heteroatoms. The van der Waals surface area contributed by atoms with Crippen molar-refractivity contribution in [3.8, 4) is 0 Å². The van der Waals surface area contributed by atoms with Crippen LogP contribution in [0.4, 0.5) is 0 Å². The van der Waals surface area contributed by atoms with E-state index in [0.29, 0.717) is 6.04 Å². The van der Waals surface area contributed by atoms with Gasteiger partial charge in [-0.3, -0.25) is 4.90 Å². The topological polar surface area (TPSA) is 15.3 Å². The highest BCUT2D eigenvalue weighted by Gasteiger charge is 2.26. The maximum absolute atomic E-state index is 3.62. The molecule has 1 aliphatic rings. The average Bonchev–Trinajstić information content (AvgIpc) is 2.37. The van der Waals surface area contributed by atoms with Crippen LogP contribution in [0.1, 0.15) is 72.6 Å². The summed E-state index contributed by atoms with van der Waals surface area (Å²) in [6.07, 6.45) is 9.52. The van der Waals surface area contributed by atoms with Gasteiger partial charge in [-0.1, -0.05) is 26.7 Å². The summed E-state index contributed by atoms with van der Waals surface area (Å²) in [5.74, 6) is 0. The van der Waals surface area contributed by atoms with Crippen LogP contribution in [0.15, 0.2) is 0 Å². The Kier molecular flexibility index (Phi) is 7.92. The second kappa shape index (κ2) is 8.92. The van der Waals surface area contributed by atoms with Crippen LogP contribution in [0.5, 0.6) is 0 Å². The summed E-state index contributed by atoms with van der Waals surface area (Å²) in [6, 6.07) is 2.25. The first-order valence-corrected chi connectivity index (χ1v) is 8.18. The van der Waals surface area contributed by atoms with E-state index in [2.05, 4.69) is 37.9 Å². The van der Waals surface area contributed by atoms with Crippen molar-refractivity contribution in [3.63, 3.8) is 0 Å². The van der Waals surface area contributed by atoms with Gasteiger partial charge in [-0.25, -0.2) is 0 Å². The van der Waals surface area contributed by atoms with Crippen LogP contribution in [0, 0.1) is 0 Å². The van der Waals surface area contributed by atoms with E-state index in [-0.39, 0.29) is 0 Å². The van der Waals surface area contributed by atoms with Gasteiger partial charge in [0.15, 0.2) is 0 Å². The van der Waals surface area contributed by atoms with Crippen LogP contribution in [0.25, 0.3) is 0 Å². The zero-order valence-corrected chi connectivity index (χ0v) is 13.0. The summed E-state index contributed by atoms with van der Waals surface area (Å²) in [6.45, 7) is 11.8. The summed E-state index contributed by atoms with van der Waals surface area (Å²) in [5.41, 5.74) is 0. The van der Waals surface area contributed by atoms with Gasteiger partial charge in [0.25, 0.3) is 0 Å². The number of hydrogen-bond donors (Lipinski definition) is 1. The largest absolute Gasteiger partial charge is 0.314 e. The number of hydrogen-bond acceptors (Lipinski definition) is 2. The maximum atomic E-state index is 3.62. The smallest absolute Gasteiger partial charge is 0.00979 e. The molecule has 1 heterocycles. The maximum Gasteiger partial charge on any atom is 0.00979 e. The predicted molar refractivity (Wildman–Crippen MR) is 81.1 cm³/mol. The molecule has 0 radical (unpaired) electrons. The van der Waals surface area contributed by atoms with E-state index >= 15 is 0 Å². The quantitative estimate of drug-likeness (QED) is 0.708. The number of piperidine rings is 1. The Labute approximate surface area is 115 Å². The molecule has 2 nitrogen and oxygen atoms in total. The molecule has 1 saturated heterocycles. The molecule has 0 amide bonds. The first-order valence-electron chi connectivity index (χ1n) is 8.18. The molecule has 1 fully saturated rings. The minimum Gasteiger partial charge on any atom is -0.314 e. The van der Waals surface area contributed by atoms with Crippen LogP contribution in [-0.2, 0) is 0 Å². The van der Waals surface area contributed by atoms with Crippen molar-refractivity contribution in [1.82, 2.24) is 10.2 Å². The van der Waals surface area contributed by atoms with Gasteiger partial charge < -0.3 is 5.32 Å². The molecule has 0 aromatic carbocycles. The van der Waals surface area contributed by atoms with Gasteiger partial charge in [0.05, 0.1) is 0 Å². The molecule has 1 aliphatic heterocycles. The summed E-state index contributed by atoms with van der Waals surface area (Å²) in [4.78, 5) is 2.79. The van der Waals surface area contributed by atoms with E-state index < -0.39 is 0 Å². The third-order valence-electron chi connectivity index (χ3n) is 4.30. The third-order valence-corrected chi connectivity index (χ3v) is 4.30. The van der Waals surface area contributed by atoms with Crippen molar-refractivity contribution in [2.24, 2.45) is 0 Å². The van der Waals surface area contributed by atoms with Crippen LogP contribution in [0.2, 0.25) is 0 Å². The van der Waals surface area contributed by atoms with Crippen LogP contribution in [-0.4, -0.2) is 36.1 Å². The minimum atomic E-state index is 0.657. The van der Waals surface area contributed by atoms with Gasteiger partial charge >= 0.3 is 0 Å². The Bertz CT molecular complexity index is 203. The van der Waals surface area contributed by atoms with Crippen LogP contribution in [0.3, 0.4) is 0 Å². The van der Waals surface area contributed by atoms with Crippen molar-refractivity contribution in [2.45, 2.75) is 90.8 Å². The fourth-order valence-corrected chi connectivity index (χ4v) is 3.37. The predicted octanol–water partition coefficient (Wildman–Crippen LogP) is 3.81. The Morgan fingerprint density at radius 2 is 1.94 bits per heavy atom. The van der Waals surface area contributed by atoms with E-state index in [1.807, 2.05) is 0 Å². The fourth-order valence-electron chi connectivity index (χ4n) is 3.37. The number of rotatable bonds is 8. The van der Waals surface area contributed by atoms with E-state index in [9.17, 15) is 0 Å². The monoisotopic (exact) mass is 254 g/mol. The molecule has 3 atom stereocenters. The van der Waals surface area contributed by atoms with Gasteiger partial charge in [0.2, 0.25) is 0 Å². The second-order valence-electron chi connectivity index (χ2n) is 6.12. The number of likely N-dealkylation sites (tertiary alicyclic amines) is 1. The molecule has 0 spiro atoms. The minimum absolute atomic E-state index is 0.657. The van der Waals surface area contributed by atoms with Crippen LogP contribution >= 0.6 is 0 Å². The van der Waals surface area contributed by atoms with Crippen molar-refractivity contribution in [1.29, 1.82) is 0 Å². The van der Waals surface area contributed by atoms with E-state index in [0.717, 1.165) is 18.6 Å². The summed E-state index contributed by atoms with van der Waals surface area (Å²) >= 11 is 0. The molecule has 1 N–H and O–H groups in total. The molecule has 0 aliphatic carbocycles. The highest BCUT2D eigenvalue weighted by Crippen LogP contribution is 2.24. The molecule has 1 rings (SSSR count). The first-order chi connectivity index (χ1) is 8.69. The Balaban J connectivity index is 2.39. The lowest BCUT2D eigenvalue weighted by atomic mass is 9.95. The Hall–Kier alpha value is -0.0800. The fraction of sp³-hybridized carbons (Fsp3) is 1.00. The molecule has 18 heavy (non-hydrogen) atoms. The zero-order chi connectivity index (χ0) is 13.4. The summed E-state index contributed by atoms with van der Waals surface area (Å²) in [7, 11) is 0. The zero-order valence-electron chi connectivity index (χ0n) is 13.0. The van der Waals surface area contributed by atoms with E-state index in [1.165, 1.54) is 51.5 Å². The molecular formula is C16H34N2. The standard InChI is InChI=1S/C16H34N2/c1-5-9-16-10-7-8-12-18(16)15(4)13-14(3)17-11-6-2/h14-17H,5-13H2,1-4H3. The average molecular weight is 254 g/mol. The first kappa shape index (κ1) is 16.0. The molecular weight excluding hydrogens is 220 g/mol. The van der Waals surface area contributed by atoms with Gasteiger partial charge in [0, 0.05) is 18.1 Å². The molecule has 0 aromatic heterocycles. The Morgan fingerprint density at radius 3 is 2.61 bits per heavy atom. The molecule has 0 saturated carbocycles. The van der Waals surface area contributed by atoms with E-state index in [1.54, 1.807) is 0 Å². The third kappa shape index (κ3) is 5.27. The highest BCUT2D eigenvalue weighted by atomic mass is 15.2. The van der Waals surface area contributed by atoms with Crippen molar-refractivity contribution in [3.05, 3.63) is 0 Å². The van der Waals surface area contributed by atoms with Gasteiger partial charge in [0.1, 0.15) is 0 Å². The molecule has 3 unspecified atom stereocenters. The lowest BCUT2D eigenvalue weighted by Crippen LogP contribution is -2.47. The number of nitrogens with zero attached hydrogens (tertiary/aromatic N) is 1. The van der Waals surface area contributed by atoms with E-state index in [4.69, 9.17) is 0 Å². The van der Waals surface area contributed by atoms with Crippen molar-refractivity contribution in [2.75, 3.05) is 13.1 Å². The van der Waals surface area contributed by atoms with Gasteiger partial charge in [-0.05, 0) is 59.0 Å². The van der Waals surface area contributed by atoms with Crippen LogP contribution < -0.4 is 5.32 Å². The summed E-state index contributed by atoms with van der Waals surface area (Å²) < 4.78 is 0. The van der Waals surface area contributed by atoms with Gasteiger partial charge in [-0.15, -0.1) is 0 Å². The highest BCUT2D eigenvalue weighted by molar-refractivity contribution is 4.82. The van der Waals surface area contributed by atoms with Crippen molar-refractivity contribution < 1.29 is 0 Å². The Morgan fingerprint density at radius 1 is 1.17 bits per heavy atom. The normalized spacial score (nSPS) is 25.0. The molecule has 0 bridgehead atoms. The number of nitrogens with one attached hydrogen (secondary N) is 1. The molecule has 108 valence electrons. The lowest BCUT2D eigenvalue weighted by Gasteiger charge is -2.41. The summed E-state index contributed by atoms with van der Waals surface area (Å²) in [5, 5.41) is 3.62. The van der Waals surface area contributed by atoms with Crippen molar-refractivity contribution >= 4 is 0 Å². The SMILES string of the molecule is CCCNC(C)CC(C)N1CCCCC1CCC. The second-order valence-corrected chi connectivity index (χ2v) is 6.12. The van der Waals surface area contributed by atoms with Gasteiger partial charge in [-0.2, -0.15) is 0 Å². The lowest BCUT2D eigenvalue weighted by molar-refractivity contribution is 0.0871. The molecule has 0 aromatic rings.